The van der Waals surface area contributed by atoms with Gasteiger partial charge in [-0.2, -0.15) is 0 Å². The Labute approximate surface area is 133 Å². The first kappa shape index (κ1) is 15.1. The van der Waals surface area contributed by atoms with Crippen LogP contribution in [-0.4, -0.2) is 23.0 Å². The topological polar surface area (TPSA) is 96.3 Å². The third-order valence-electron chi connectivity index (χ3n) is 3.66. The number of aryl methyl sites for hydroxylation is 2. The van der Waals surface area contributed by atoms with E-state index in [2.05, 4.69) is 21.1 Å². The molecule has 0 aliphatic carbocycles. The number of carbonyl (C=O) groups excluding carboxylic acids is 2. The van der Waals surface area contributed by atoms with Crippen LogP contribution in [0.15, 0.2) is 28.8 Å². The highest BCUT2D eigenvalue weighted by Crippen LogP contribution is 2.26. The van der Waals surface area contributed by atoms with Crippen molar-refractivity contribution >= 4 is 29.0 Å². The van der Waals surface area contributed by atoms with Crippen LogP contribution < -0.4 is 16.0 Å². The van der Waals surface area contributed by atoms with E-state index in [0.29, 0.717) is 24.4 Å². The Hall–Kier alpha value is -2.83. The van der Waals surface area contributed by atoms with Crippen molar-refractivity contribution in [2.45, 2.75) is 32.7 Å². The van der Waals surface area contributed by atoms with Gasteiger partial charge in [0.05, 0.1) is 0 Å². The van der Waals surface area contributed by atoms with Crippen molar-refractivity contribution in [2.75, 3.05) is 16.0 Å². The Balaban J connectivity index is 1.64. The van der Waals surface area contributed by atoms with E-state index >= 15 is 0 Å². The molecule has 23 heavy (non-hydrogen) atoms. The number of hydrogen-bond acceptors (Lipinski definition) is 5. The van der Waals surface area contributed by atoms with Crippen molar-refractivity contribution in [1.82, 2.24) is 5.16 Å². The number of benzene rings is 1. The van der Waals surface area contributed by atoms with Gasteiger partial charge in [-0.15, -0.1) is 0 Å². The Morgan fingerprint density at radius 3 is 2.91 bits per heavy atom. The largest absolute Gasteiger partial charge is 0.374 e. The van der Waals surface area contributed by atoms with E-state index in [1.54, 1.807) is 19.9 Å². The molecule has 0 fully saturated rings. The Bertz CT molecular complexity index is 754. The van der Waals surface area contributed by atoms with E-state index in [4.69, 9.17) is 4.52 Å². The molecule has 0 bridgehead atoms. The average Bonchev–Trinajstić information content (AvgIpc) is 2.92. The smallest absolute Gasteiger partial charge is 0.247 e. The normalized spacial score (nSPS) is 14.6. The third-order valence-corrected chi connectivity index (χ3v) is 3.66. The van der Waals surface area contributed by atoms with Crippen LogP contribution >= 0.6 is 0 Å². The highest BCUT2D eigenvalue weighted by Gasteiger charge is 2.17. The summed E-state index contributed by atoms with van der Waals surface area (Å²) in [6.07, 6.45) is 1.19. The maximum Gasteiger partial charge on any atom is 0.247 e. The third kappa shape index (κ3) is 3.50. The fraction of sp³-hybridized carbons (Fsp3) is 0.312. The summed E-state index contributed by atoms with van der Waals surface area (Å²) in [5.41, 5.74) is 2.73. The number of amides is 2. The molecule has 3 N–H and O–H groups in total. The van der Waals surface area contributed by atoms with E-state index in [9.17, 15) is 9.59 Å². The minimum atomic E-state index is -0.441. The van der Waals surface area contributed by atoms with Crippen LogP contribution in [0.5, 0.6) is 0 Å². The molecule has 2 aromatic rings. The van der Waals surface area contributed by atoms with Gasteiger partial charge in [-0.05, 0) is 44.0 Å². The van der Waals surface area contributed by atoms with Crippen LogP contribution in [0.4, 0.5) is 17.2 Å². The lowest BCUT2D eigenvalue weighted by molar-refractivity contribution is -0.117. The Morgan fingerprint density at radius 2 is 2.17 bits per heavy atom. The molecule has 0 radical (unpaired) electrons. The van der Waals surface area contributed by atoms with E-state index < -0.39 is 6.04 Å². The molecule has 1 aromatic heterocycles. The fourth-order valence-electron chi connectivity index (χ4n) is 2.45. The molecule has 1 atom stereocenters. The fourth-order valence-corrected chi connectivity index (χ4v) is 2.45. The summed E-state index contributed by atoms with van der Waals surface area (Å²) in [6.45, 7) is 3.53. The Morgan fingerprint density at radius 1 is 1.35 bits per heavy atom. The number of nitrogens with zero attached hydrogens (tertiary/aromatic N) is 1. The average molecular weight is 314 g/mol. The molecule has 2 heterocycles. The first-order valence-corrected chi connectivity index (χ1v) is 7.45. The number of carbonyl (C=O) groups is 2. The van der Waals surface area contributed by atoms with Gasteiger partial charge < -0.3 is 20.5 Å². The van der Waals surface area contributed by atoms with Crippen molar-refractivity contribution in [3.8, 4) is 0 Å². The molecule has 0 saturated heterocycles. The van der Waals surface area contributed by atoms with Crippen LogP contribution in [0.3, 0.4) is 0 Å². The molecular formula is C16H18N4O3. The summed E-state index contributed by atoms with van der Waals surface area (Å²) < 4.78 is 4.91. The standard InChI is InChI=1S/C16H18N4O3/c1-9-7-14(20-23-9)19-16(22)10(2)17-12-4-5-13-11(8-12)3-6-15(21)18-13/h4-5,7-8,10,17H,3,6H2,1-2H3,(H,18,21)(H,19,20,22)/t10-/m0/s1. The van der Waals surface area contributed by atoms with E-state index in [1.807, 2.05) is 18.2 Å². The SMILES string of the molecule is Cc1cc(NC(=O)[C@H](C)Nc2ccc3c(c2)CCC(=O)N3)no1. The maximum atomic E-state index is 12.1. The summed E-state index contributed by atoms with van der Waals surface area (Å²) in [5.74, 6) is 0.866. The first-order chi connectivity index (χ1) is 11.0. The monoisotopic (exact) mass is 314 g/mol. The van der Waals surface area contributed by atoms with Crippen molar-refractivity contribution in [1.29, 1.82) is 0 Å². The second-order valence-electron chi connectivity index (χ2n) is 5.60. The minimum absolute atomic E-state index is 0.0360. The van der Waals surface area contributed by atoms with Crippen molar-refractivity contribution in [2.24, 2.45) is 0 Å². The lowest BCUT2D eigenvalue weighted by Crippen LogP contribution is -2.32. The number of nitrogens with one attached hydrogen (secondary N) is 3. The van der Waals surface area contributed by atoms with E-state index in [-0.39, 0.29) is 11.8 Å². The molecule has 7 nitrogen and oxygen atoms in total. The zero-order valence-corrected chi connectivity index (χ0v) is 13.0. The number of aromatic nitrogens is 1. The summed E-state index contributed by atoms with van der Waals surface area (Å²) in [5, 5.41) is 12.4. The van der Waals surface area contributed by atoms with Crippen LogP contribution in [-0.2, 0) is 16.0 Å². The van der Waals surface area contributed by atoms with Crippen molar-refractivity contribution < 1.29 is 14.1 Å². The van der Waals surface area contributed by atoms with Gasteiger partial charge in [-0.25, -0.2) is 0 Å². The molecule has 1 aliphatic heterocycles. The number of rotatable bonds is 4. The van der Waals surface area contributed by atoms with Crippen molar-refractivity contribution in [3.63, 3.8) is 0 Å². The molecular weight excluding hydrogens is 296 g/mol. The first-order valence-electron chi connectivity index (χ1n) is 7.45. The predicted molar refractivity (Wildman–Crippen MR) is 86.3 cm³/mol. The highest BCUT2D eigenvalue weighted by molar-refractivity contribution is 5.96. The van der Waals surface area contributed by atoms with Gasteiger partial charge in [0.2, 0.25) is 11.8 Å². The zero-order valence-electron chi connectivity index (χ0n) is 13.0. The lowest BCUT2D eigenvalue weighted by atomic mass is 10.0. The summed E-state index contributed by atoms with van der Waals surface area (Å²) in [4.78, 5) is 23.5. The Kier molecular flexibility index (Phi) is 4.01. The van der Waals surface area contributed by atoms with Crippen LogP contribution in [0, 0.1) is 6.92 Å². The van der Waals surface area contributed by atoms with Crippen LogP contribution in [0.1, 0.15) is 24.7 Å². The summed E-state index contributed by atoms with van der Waals surface area (Å²) in [6, 6.07) is 6.86. The lowest BCUT2D eigenvalue weighted by Gasteiger charge is -2.19. The van der Waals surface area contributed by atoms with Crippen molar-refractivity contribution in [3.05, 3.63) is 35.6 Å². The van der Waals surface area contributed by atoms with Crippen LogP contribution in [0.2, 0.25) is 0 Å². The van der Waals surface area contributed by atoms with Gasteiger partial charge >= 0.3 is 0 Å². The quantitative estimate of drug-likeness (QED) is 0.804. The zero-order chi connectivity index (χ0) is 16.4. The van der Waals surface area contributed by atoms with E-state index in [1.165, 1.54) is 0 Å². The molecule has 1 aromatic carbocycles. The molecule has 0 saturated carbocycles. The van der Waals surface area contributed by atoms with Gasteiger partial charge in [-0.3, -0.25) is 9.59 Å². The minimum Gasteiger partial charge on any atom is -0.374 e. The number of fused-ring (bicyclic) bond motifs is 1. The number of anilines is 3. The number of hydrogen-bond donors (Lipinski definition) is 3. The predicted octanol–water partition coefficient (Wildman–Crippen LogP) is 2.31. The van der Waals surface area contributed by atoms with E-state index in [0.717, 1.165) is 16.9 Å². The second kappa shape index (κ2) is 6.12. The van der Waals surface area contributed by atoms with Gasteiger partial charge in [0, 0.05) is 23.9 Å². The molecule has 0 unspecified atom stereocenters. The molecule has 120 valence electrons. The molecule has 7 heteroatoms. The maximum absolute atomic E-state index is 12.1. The van der Waals surface area contributed by atoms with Gasteiger partial charge in [-0.1, -0.05) is 5.16 Å². The molecule has 1 aliphatic rings. The molecule has 2 amide bonds. The van der Waals surface area contributed by atoms with Gasteiger partial charge in [0.1, 0.15) is 11.8 Å². The molecule has 3 rings (SSSR count). The van der Waals surface area contributed by atoms with Gasteiger partial charge in [0.15, 0.2) is 5.82 Å². The van der Waals surface area contributed by atoms with Crippen LogP contribution in [0.25, 0.3) is 0 Å². The summed E-state index contributed by atoms with van der Waals surface area (Å²) >= 11 is 0. The van der Waals surface area contributed by atoms with Gasteiger partial charge in [0.25, 0.3) is 0 Å². The summed E-state index contributed by atoms with van der Waals surface area (Å²) in [7, 11) is 0. The highest BCUT2D eigenvalue weighted by atomic mass is 16.5. The second-order valence-corrected chi connectivity index (χ2v) is 5.60. The molecule has 0 spiro atoms.